The summed E-state index contributed by atoms with van der Waals surface area (Å²) >= 11 is 0. The Hall–Kier alpha value is -2.04. The van der Waals surface area contributed by atoms with Crippen molar-refractivity contribution < 1.29 is 9.90 Å². The van der Waals surface area contributed by atoms with Crippen LogP contribution in [0.5, 0.6) is 5.75 Å². The number of phenolic OH excluding ortho intramolecular Hbond substituents is 1. The monoisotopic (exact) mass is 237 g/mol. The van der Waals surface area contributed by atoms with Crippen LogP contribution in [0.4, 0.5) is 5.69 Å². The molecular weight excluding hydrogens is 218 g/mol. The Kier molecular flexibility index (Phi) is 6.40. The van der Waals surface area contributed by atoms with Crippen molar-refractivity contribution in [1.29, 1.82) is 0 Å². The van der Waals surface area contributed by atoms with Crippen LogP contribution in [0.25, 0.3) is 0 Å². The summed E-state index contributed by atoms with van der Waals surface area (Å²) in [6.45, 7) is 7.50. The zero-order valence-electron chi connectivity index (χ0n) is 10.6. The van der Waals surface area contributed by atoms with E-state index in [-0.39, 0.29) is 17.0 Å². The van der Waals surface area contributed by atoms with Gasteiger partial charge in [0.2, 0.25) is 0 Å². The number of nitrogens with zero attached hydrogens (tertiary/aromatic N) is 1. The molecule has 0 saturated carbocycles. The highest BCUT2D eigenvalue weighted by Gasteiger charge is 2.11. The molecule has 4 N–H and O–H groups in total. The lowest BCUT2D eigenvalue weighted by Crippen LogP contribution is -2.18. The first-order valence-electron chi connectivity index (χ1n) is 5.41. The van der Waals surface area contributed by atoms with Gasteiger partial charge in [-0.05, 0) is 26.0 Å². The van der Waals surface area contributed by atoms with Crippen LogP contribution in [0.3, 0.4) is 0 Å². The quantitative estimate of drug-likeness (QED) is 0.318. The van der Waals surface area contributed by atoms with Crippen LogP contribution in [0.15, 0.2) is 23.3 Å². The summed E-state index contributed by atoms with van der Waals surface area (Å²) in [5.41, 5.74) is 8.74. The van der Waals surface area contributed by atoms with E-state index in [0.29, 0.717) is 5.71 Å². The van der Waals surface area contributed by atoms with Crippen LogP contribution in [-0.4, -0.2) is 16.7 Å². The van der Waals surface area contributed by atoms with Crippen molar-refractivity contribution in [3.63, 3.8) is 0 Å². The van der Waals surface area contributed by atoms with Crippen molar-refractivity contribution in [1.82, 2.24) is 5.43 Å². The summed E-state index contributed by atoms with van der Waals surface area (Å²) in [7, 11) is 0. The molecule has 0 spiro atoms. The second-order valence-corrected chi connectivity index (χ2v) is 3.24. The molecule has 0 saturated heterocycles. The predicted molar refractivity (Wildman–Crippen MR) is 70.1 cm³/mol. The van der Waals surface area contributed by atoms with Gasteiger partial charge in [-0.15, -0.1) is 0 Å². The summed E-state index contributed by atoms with van der Waals surface area (Å²) in [6.07, 6.45) is 0. The van der Waals surface area contributed by atoms with Gasteiger partial charge < -0.3 is 10.8 Å². The molecule has 0 bridgehead atoms. The van der Waals surface area contributed by atoms with Gasteiger partial charge in [0.15, 0.2) is 5.75 Å². The average molecular weight is 237 g/mol. The van der Waals surface area contributed by atoms with Crippen molar-refractivity contribution >= 4 is 17.3 Å². The van der Waals surface area contributed by atoms with Gasteiger partial charge in [0.1, 0.15) is 0 Å². The fraction of sp³-hybridized carbons (Fsp3) is 0.333. The molecule has 5 nitrogen and oxygen atoms in total. The largest absolute Gasteiger partial charge is 0.505 e. The number of nitrogen functional groups attached to an aromatic ring is 1. The highest BCUT2D eigenvalue weighted by atomic mass is 16.3. The van der Waals surface area contributed by atoms with E-state index in [1.165, 1.54) is 12.1 Å². The summed E-state index contributed by atoms with van der Waals surface area (Å²) in [5, 5.41) is 13.2. The normalized spacial score (nSPS) is 8.71. The van der Waals surface area contributed by atoms with Crippen molar-refractivity contribution in [3.8, 4) is 5.75 Å². The summed E-state index contributed by atoms with van der Waals surface area (Å²) < 4.78 is 0. The fourth-order valence-corrected chi connectivity index (χ4v) is 0.967. The van der Waals surface area contributed by atoms with Crippen LogP contribution < -0.4 is 11.2 Å². The predicted octanol–water partition coefficient (Wildman–Crippen LogP) is 2.13. The first-order chi connectivity index (χ1) is 8.02. The second kappa shape index (κ2) is 7.27. The van der Waals surface area contributed by atoms with Crippen molar-refractivity contribution in [2.24, 2.45) is 5.10 Å². The molecule has 0 heterocycles. The Morgan fingerprint density at radius 3 is 2.47 bits per heavy atom. The number of anilines is 1. The van der Waals surface area contributed by atoms with Gasteiger partial charge in [0.05, 0.1) is 11.3 Å². The Morgan fingerprint density at radius 1 is 1.35 bits per heavy atom. The maximum atomic E-state index is 11.5. The number of phenols is 1. The SMILES string of the molecule is CC.CC(C)=NNC(=O)c1cccc(N)c1O. The molecule has 1 aromatic carbocycles. The number of carbonyl (C=O) groups excluding carboxylic acids is 1. The topological polar surface area (TPSA) is 87.7 Å². The van der Waals surface area contributed by atoms with E-state index in [0.717, 1.165) is 0 Å². The van der Waals surface area contributed by atoms with Gasteiger partial charge in [-0.25, -0.2) is 5.43 Å². The standard InChI is InChI=1S/C10H13N3O2.C2H6/c1-6(2)12-13-10(15)7-4-3-5-8(11)9(7)14;1-2/h3-5,14H,11H2,1-2H3,(H,13,15);1-2H3. The average Bonchev–Trinajstić information content (AvgIpc) is 2.32. The fourth-order valence-electron chi connectivity index (χ4n) is 0.967. The minimum absolute atomic E-state index is 0.111. The highest BCUT2D eigenvalue weighted by molar-refractivity contribution is 5.98. The molecule has 0 aromatic heterocycles. The molecule has 1 amide bonds. The molecule has 1 aromatic rings. The number of carbonyl (C=O) groups is 1. The summed E-state index contributed by atoms with van der Waals surface area (Å²) in [5.74, 6) is -0.708. The molecule has 0 fully saturated rings. The highest BCUT2D eigenvalue weighted by Crippen LogP contribution is 2.23. The van der Waals surface area contributed by atoms with Crippen LogP contribution >= 0.6 is 0 Å². The zero-order chi connectivity index (χ0) is 13.4. The van der Waals surface area contributed by atoms with Crippen LogP contribution in [0.2, 0.25) is 0 Å². The number of aromatic hydroxyl groups is 1. The number of hydrogen-bond acceptors (Lipinski definition) is 4. The second-order valence-electron chi connectivity index (χ2n) is 3.24. The molecule has 5 heteroatoms. The Bertz CT molecular complexity index is 410. The van der Waals surface area contributed by atoms with Gasteiger partial charge in [0, 0.05) is 5.71 Å². The van der Waals surface area contributed by atoms with Crippen LogP contribution in [0.1, 0.15) is 38.1 Å². The number of hydrogen-bond donors (Lipinski definition) is 3. The lowest BCUT2D eigenvalue weighted by atomic mass is 10.1. The van der Waals surface area contributed by atoms with Crippen LogP contribution in [0, 0.1) is 0 Å². The van der Waals surface area contributed by atoms with E-state index in [4.69, 9.17) is 5.73 Å². The molecule has 0 unspecified atom stereocenters. The van der Waals surface area contributed by atoms with E-state index < -0.39 is 5.91 Å². The minimum Gasteiger partial charge on any atom is -0.505 e. The zero-order valence-corrected chi connectivity index (χ0v) is 10.6. The maximum Gasteiger partial charge on any atom is 0.275 e. The van der Waals surface area contributed by atoms with Gasteiger partial charge >= 0.3 is 0 Å². The third kappa shape index (κ3) is 4.55. The van der Waals surface area contributed by atoms with Gasteiger partial charge in [-0.1, -0.05) is 19.9 Å². The third-order valence-corrected chi connectivity index (χ3v) is 1.69. The molecule has 0 aliphatic heterocycles. The molecule has 1 rings (SSSR count). The minimum atomic E-state index is -0.485. The number of para-hydroxylation sites is 1. The number of hydrazone groups is 1. The van der Waals surface area contributed by atoms with E-state index in [1.54, 1.807) is 19.9 Å². The Labute approximate surface area is 101 Å². The first kappa shape index (κ1) is 15.0. The molecule has 0 radical (unpaired) electrons. The van der Waals surface area contributed by atoms with E-state index in [1.807, 2.05) is 13.8 Å². The molecule has 0 aliphatic rings. The molecular formula is C12H19N3O2. The Morgan fingerprint density at radius 2 is 1.94 bits per heavy atom. The number of benzene rings is 1. The molecule has 94 valence electrons. The third-order valence-electron chi connectivity index (χ3n) is 1.69. The summed E-state index contributed by atoms with van der Waals surface area (Å²) in [4.78, 5) is 11.5. The molecule has 17 heavy (non-hydrogen) atoms. The number of amides is 1. The van der Waals surface area contributed by atoms with Crippen LogP contribution in [-0.2, 0) is 0 Å². The van der Waals surface area contributed by atoms with Gasteiger partial charge in [0.25, 0.3) is 5.91 Å². The van der Waals surface area contributed by atoms with E-state index in [9.17, 15) is 9.90 Å². The maximum absolute atomic E-state index is 11.5. The molecule has 0 atom stereocenters. The van der Waals surface area contributed by atoms with Crippen molar-refractivity contribution in [3.05, 3.63) is 23.8 Å². The first-order valence-corrected chi connectivity index (χ1v) is 5.41. The number of nitrogens with two attached hydrogens (primary N) is 1. The van der Waals surface area contributed by atoms with Gasteiger partial charge in [-0.2, -0.15) is 5.10 Å². The Balaban J connectivity index is 0.00000121. The lowest BCUT2D eigenvalue weighted by Gasteiger charge is -2.05. The van der Waals surface area contributed by atoms with E-state index in [2.05, 4.69) is 10.5 Å². The van der Waals surface area contributed by atoms with Crippen molar-refractivity contribution in [2.75, 3.05) is 5.73 Å². The van der Waals surface area contributed by atoms with E-state index >= 15 is 0 Å². The lowest BCUT2D eigenvalue weighted by molar-refractivity contribution is 0.0952. The summed E-state index contributed by atoms with van der Waals surface area (Å²) in [6, 6.07) is 4.58. The van der Waals surface area contributed by atoms with Gasteiger partial charge in [-0.3, -0.25) is 4.79 Å². The number of nitrogens with one attached hydrogen (secondary N) is 1. The smallest absolute Gasteiger partial charge is 0.275 e. The molecule has 0 aliphatic carbocycles. The number of rotatable bonds is 2. The van der Waals surface area contributed by atoms with Crippen molar-refractivity contribution in [2.45, 2.75) is 27.7 Å².